The van der Waals surface area contributed by atoms with E-state index in [4.69, 9.17) is 13.9 Å². The molecule has 0 spiro atoms. The van der Waals surface area contributed by atoms with E-state index in [0.717, 1.165) is 16.7 Å². The number of hydrogen-bond donors (Lipinski definition) is 3. The highest BCUT2D eigenvalue weighted by atomic mass is 28.4. The van der Waals surface area contributed by atoms with E-state index >= 15 is 0 Å². The van der Waals surface area contributed by atoms with Crippen molar-refractivity contribution in [1.82, 2.24) is 21.1 Å². The van der Waals surface area contributed by atoms with Crippen LogP contribution in [-0.2, 0) is 41.7 Å². The summed E-state index contributed by atoms with van der Waals surface area (Å²) in [5, 5.41) is 7.38. The fourth-order valence-electron chi connectivity index (χ4n) is 6.39. The van der Waals surface area contributed by atoms with E-state index in [0.29, 0.717) is 44.6 Å². The third-order valence-corrected chi connectivity index (χ3v) is 15.1. The molecule has 0 saturated carbocycles. The minimum absolute atomic E-state index is 0.0137. The Hall–Kier alpha value is -4.00. The first kappa shape index (κ1) is 42.7. The summed E-state index contributed by atoms with van der Waals surface area (Å²) in [6.07, 6.45) is 6.19. The number of esters is 1. The van der Waals surface area contributed by atoms with Crippen LogP contribution in [0.25, 0.3) is 6.08 Å². The molecule has 5 atom stereocenters. The zero-order chi connectivity index (χ0) is 39.6. The number of cyclic esters (lactones) is 1. The van der Waals surface area contributed by atoms with E-state index in [1.54, 1.807) is 0 Å². The van der Waals surface area contributed by atoms with E-state index in [9.17, 15) is 19.2 Å². The van der Waals surface area contributed by atoms with Gasteiger partial charge in [0, 0.05) is 19.6 Å². The van der Waals surface area contributed by atoms with Gasteiger partial charge < -0.3 is 24.5 Å². The number of hydrogen-bond acceptors (Lipinski definition) is 8. The number of amides is 3. The third kappa shape index (κ3) is 11.7. The van der Waals surface area contributed by atoms with Gasteiger partial charge in [-0.05, 0) is 91.5 Å². The van der Waals surface area contributed by atoms with Crippen LogP contribution in [0.3, 0.4) is 0 Å². The van der Waals surface area contributed by atoms with Crippen LogP contribution in [0.2, 0.25) is 18.1 Å². The van der Waals surface area contributed by atoms with Crippen molar-refractivity contribution >= 4 is 38.1 Å². The van der Waals surface area contributed by atoms with Crippen LogP contribution in [0, 0.1) is 11.8 Å². The molecule has 3 N–H and O–H groups in total. The van der Waals surface area contributed by atoms with Crippen LogP contribution < -0.4 is 20.5 Å². The molecule has 0 radical (unpaired) electrons. The third-order valence-electron chi connectivity index (χ3n) is 10.7. The number of ether oxygens (including phenoxy) is 2. The maximum Gasteiger partial charge on any atom is 0.325 e. The van der Waals surface area contributed by atoms with Crippen molar-refractivity contribution in [3.8, 4) is 5.75 Å². The standard InChI is InChI=1S/C42H62N4O7Si/c1-10-51-36-22-12-11-16-30-17-13-19-32(24-30)27-52-41(50)34-21-15-23-46(45-34)40(49)35(43-39(48)37(28(2)3)44-38(47)29(36)4)26-31-18-14-20-33(25-31)53-54(8,9)42(5,6)7/h11,13-14,16-20,24-25,28-29,34-37,45H,10,12,15,21-23,26-27H2,1-9H3,(H,43,48)(H,44,47)/b16-11+/t29-,34+,35+,36?,37+/m1/s1. The number of fused-ring (bicyclic) bond motifs is 4. The largest absolute Gasteiger partial charge is 0.543 e. The van der Waals surface area contributed by atoms with Gasteiger partial charge in [-0.3, -0.25) is 24.2 Å². The van der Waals surface area contributed by atoms with Crippen LogP contribution >= 0.6 is 0 Å². The Balaban J connectivity index is 1.67. The summed E-state index contributed by atoms with van der Waals surface area (Å²) in [7, 11) is -2.15. The van der Waals surface area contributed by atoms with Gasteiger partial charge in [0.25, 0.3) is 5.91 Å². The van der Waals surface area contributed by atoms with Gasteiger partial charge in [0.2, 0.25) is 20.1 Å². The van der Waals surface area contributed by atoms with E-state index in [2.05, 4.69) is 49.9 Å². The van der Waals surface area contributed by atoms with Crippen molar-refractivity contribution in [3.63, 3.8) is 0 Å². The molecule has 4 bridgehead atoms. The average molecular weight is 763 g/mol. The molecule has 2 aliphatic rings. The van der Waals surface area contributed by atoms with Crippen LogP contribution in [0.5, 0.6) is 5.75 Å². The highest BCUT2D eigenvalue weighted by molar-refractivity contribution is 6.74. The Morgan fingerprint density at radius 1 is 0.981 bits per heavy atom. The van der Waals surface area contributed by atoms with Crippen LogP contribution in [0.1, 0.15) is 90.8 Å². The molecule has 2 heterocycles. The van der Waals surface area contributed by atoms with Crippen molar-refractivity contribution in [3.05, 3.63) is 71.3 Å². The Bertz CT molecular complexity index is 1640. The van der Waals surface area contributed by atoms with Crippen molar-refractivity contribution in [2.24, 2.45) is 11.8 Å². The first-order chi connectivity index (χ1) is 25.5. The molecule has 1 fully saturated rings. The van der Waals surface area contributed by atoms with Crippen molar-refractivity contribution in [2.45, 2.75) is 130 Å². The quantitative estimate of drug-likeness (QED) is 0.220. The Morgan fingerprint density at radius 3 is 2.43 bits per heavy atom. The van der Waals surface area contributed by atoms with Gasteiger partial charge >= 0.3 is 5.97 Å². The smallest absolute Gasteiger partial charge is 0.325 e. The van der Waals surface area contributed by atoms with E-state index < -0.39 is 50.1 Å². The summed E-state index contributed by atoms with van der Waals surface area (Å²) in [6.45, 7) is 19.2. The number of allylic oxidation sites excluding steroid dienone is 1. The number of carbonyl (C=O) groups is 4. The molecule has 1 unspecified atom stereocenters. The molecular weight excluding hydrogens is 701 g/mol. The van der Waals surface area contributed by atoms with E-state index in [1.165, 1.54) is 5.01 Å². The van der Waals surface area contributed by atoms with Crippen LogP contribution in [0.4, 0.5) is 0 Å². The van der Waals surface area contributed by atoms with Crippen molar-refractivity contribution < 1.29 is 33.1 Å². The lowest BCUT2D eigenvalue weighted by Gasteiger charge is -2.36. The fraction of sp³-hybridized carbons (Fsp3) is 0.571. The average Bonchev–Trinajstić information content (AvgIpc) is 3.12. The predicted molar refractivity (Wildman–Crippen MR) is 214 cm³/mol. The van der Waals surface area contributed by atoms with E-state index in [-0.39, 0.29) is 36.0 Å². The maximum absolute atomic E-state index is 14.4. The lowest BCUT2D eigenvalue weighted by molar-refractivity contribution is -0.154. The molecule has 2 aromatic rings. The molecule has 3 amide bonds. The van der Waals surface area contributed by atoms with E-state index in [1.807, 2.05) is 88.4 Å². The lowest BCUT2D eigenvalue weighted by atomic mass is 9.96. The first-order valence-corrected chi connectivity index (χ1v) is 22.4. The van der Waals surface area contributed by atoms with Gasteiger partial charge in [-0.15, -0.1) is 0 Å². The minimum atomic E-state index is -2.15. The SMILES string of the molecule is CCOC1CC/C=C/c2cccc(c2)COC(=O)[C@@H]2CCCN(N2)C(=O)[C@H](Cc2cccc(O[Si](C)(C)C(C)(C)C)c2)NC(=O)[C@H](C(C)C)NC(=O)[C@@H]1C. The summed E-state index contributed by atoms with van der Waals surface area (Å²) >= 11 is 0. The molecule has 2 aromatic carbocycles. The number of nitrogens with one attached hydrogen (secondary N) is 3. The molecular formula is C42H62N4O7Si. The summed E-state index contributed by atoms with van der Waals surface area (Å²) < 4.78 is 18.3. The van der Waals surface area contributed by atoms with Crippen LogP contribution in [0.15, 0.2) is 54.6 Å². The monoisotopic (exact) mass is 762 g/mol. The second-order valence-electron chi connectivity index (χ2n) is 16.4. The molecule has 1 saturated heterocycles. The van der Waals surface area contributed by atoms with Gasteiger partial charge in [-0.25, -0.2) is 5.43 Å². The number of hydrazine groups is 1. The molecule has 4 rings (SSSR count). The summed E-state index contributed by atoms with van der Waals surface area (Å²) in [4.78, 5) is 55.6. The zero-order valence-electron chi connectivity index (χ0n) is 33.7. The molecule has 2 aliphatic heterocycles. The minimum Gasteiger partial charge on any atom is -0.543 e. The first-order valence-electron chi connectivity index (χ1n) is 19.5. The number of carbonyl (C=O) groups excluding carboxylic acids is 4. The molecule has 11 nitrogen and oxygen atoms in total. The molecule has 12 heteroatoms. The summed E-state index contributed by atoms with van der Waals surface area (Å²) in [5.41, 5.74) is 5.70. The highest BCUT2D eigenvalue weighted by Gasteiger charge is 2.40. The Kier molecular flexibility index (Phi) is 15.1. The van der Waals surface area contributed by atoms with Gasteiger partial charge in [0.05, 0.1) is 12.0 Å². The maximum atomic E-state index is 14.4. The lowest BCUT2D eigenvalue weighted by Crippen LogP contribution is -2.62. The van der Waals surface area contributed by atoms with Gasteiger partial charge in [-0.1, -0.05) is 84.0 Å². The van der Waals surface area contributed by atoms with Crippen molar-refractivity contribution in [2.75, 3.05) is 13.2 Å². The van der Waals surface area contributed by atoms with Gasteiger partial charge in [0.1, 0.15) is 30.5 Å². The highest BCUT2D eigenvalue weighted by Crippen LogP contribution is 2.37. The molecule has 0 aliphatic carbocycles. The van der Waals surface area contributed by atoms with Gasteiger partial charge in [0.15, 0.2) is 0 Å². The molecule has 54 heavy (non-hydrogen) atoms. The second-order valence-corrected chi connectivity index (χ2v) is 21.2. The Labute approximate surface area is 323 Å². The molecule has 0 aromatic heterocycles. The number of benzene rings is 2. The zero-order valence-corrected chi connectivity index (χ0v) is 34.7. The Morgan fingerprint density at radius 2 is 1.72 bits per heavy atom. The molecule has 296 valence electrons. The number of nitrogens with zero attached hydrogens (tertiary/aromatic N) is 1. The summed E-state index contributed by atoms with van der Waals surface area (Å²) in [6, 6.07) is 12.8. The second kappa shape index (κ2) is 19.0. The summed E-state index contributed by atoms with van der Waals surface area (Å²) in [5.74, 6) is -1.70. The van der Waals surface area contributed by atoms with Gasteiger partial charge in [-0.2, -0.15) is 0 Å². The number of rotatable bonds is 7. The predicted octanol–water partition coefficient (Wildman–Crippen LogP) is 6.33. The van der Waals surface area contributed by atoms with Crippen molar-refractivity contribution in [1.29, 1.82) is 0 Å². The normalized spacial score (nSPS) is 24.8. The fourth-order valence-corrected chi connectivity index (χ4v) is 7.41. The van der Waals surface area contributed by atoms with Crippen LogP contribution in [-0.4, -0.2) is 74.4 Å². The topological polar surface area (TPSA) is 135 Å².